The highest BCUT2D eigenvalue weighted by atomic mass is 32.2. The molecule has 0 radical (unpaired) electrons. The van der Waals surface area contributed by atoms with Gasteiger partial charge in [0.1, 0.15) is 0 Å². The van der Waals surface area contributed by atoms with Gasteiger partial charge in [-0.15, -0.1) is 0 Å². The van der Waals surface area contributed by atoms with Crippen molar-refractivity contribution in [3.63, 3.8) is 0 Å². The van der Waals surface area contributed by atoms with E-state index < -0.39 is 28.4 Å². The second kappa shape index (κ2) is 6.76. The average molecular weight is 341 g/mol. The maximum Gasteiger partial charge on any atom is 0.389 e. The van der Waals surface area contributed by atoms with E-state index in [9.17, 15) is 26.4 Å². The Balaban J connectivity index is 1.78. The van der Waals surface area contributed by atoms with E-state index in [-0.39, 0.29) is 29.8 Å². The Labute approximate surface area is 129 Å². The second-order valence-corrected chi connectivity index (χ2v) is 8.70. The highest BCUT2D eigenvalue weighted by Crippen LogP contribution is 2.31. The molecule has 0 aromatic carbocycles. The van der Waals surface area contributed by atoms with E-state index in [1.54, 1.807) is 4.90 Å². The number of piperidine rings is 1. The van der Waals surface area contributed by atoms with Crippen LogP contribution in [0.2, 0.25) is 0 Å². The first-order valence-corrected chi connectivity index (χ1v) is 9.52. The van der Waals surface area contributed by atoms with Crippen molar-refractivity contribution in [2.24, 2.45) is 11.8 Å². The Hall–Kier alpha value is -0.790. The number of alkyl halides is 3. The molecule has 1 atom stereocenters. The molecule has 8 heteroatoms. The van der Waals surface area contributed by atoms with Crippen LogP contribution in [-0.4, -0.2) is 50.0 Å². The van der Waals surface area contributed by atoms with Gasteiger partial charge in [-0.1, -0.05) is 0 Å². The van der Waals surface area contributed by atoms with Gasteiger partial charge in [-0.25, -0.2) is 8.42 Å². The average Bonchev–Trinajstić information content (AvgIpc) is 2.36. The molecule has 2 heterocycles. The molecule has 0 aliphatic carbocycles. The van der Waals surface area contributed by atoms with Gasteiger partial charge >= 0.3 is 6.18 Å². The molecule has 128 valence electrons. The number of sulfone groups is 1. The molecule has 2 fully saturated rings. The van der Waals surface area contributed by atoms with Crippen molar-refractivity contribution in [2.45, 2.75) is 44.7 Å². The minimum Gasteiger partial charge on any atom is -0.343 e. The van der Waals surface area contributed by atoms with Crippen LogP contribution in [0.3, 0.4) is 0 Å². The second-order valence-electron chi connectivity index (χ2n) is 6.47. The summed E-state index contributed by atoms with van der Waals surface area (Å²) >= 11 is 0. The number of hydrogen-bond acceptors (Lipinski definition) is 3. The number of likely N-dealkylation sites (tertiary alicyclic amines) is 1. The molecular formula is C14H22F3NO3S. The number of nitrogens with zero attached hydrogens (tertiary/aromatic N) is 1. The fourth-order valence-corrected chi connectivity index (χ4v) is 5.14. The molecule has 0 aromatic rings. The summed E-state index contributed by atoms with van der Waals surface area (Å²) in [5, 5.41) is 0. The van der Waals surface area contributed by atoms with Gasteiger partial charge in [0.25, 0.3) is 0 Å². The number of rotatable bonds is 3. The summed E-state index contributed by atoms with van der Waals surface area (Å²) in [5.74, 6) is -0.408. The lowest BCUT2D eigenvalue weighted by atomic mass is 9.92. The molecule has 0 N–H and O–H groups in total. The van der Waals surface area contributed by atoms with Crippen LogP contribution in [0, 0.1) is 11.8 Å². The third kappa shape index (κ3) is 5.44. The summed E-state index contributed by atoms with van der Waals surface area (Å²) in [5.41, 5.74) is 0. The maximum absolute atomic E-state index is 12.3. The Kier molecular flexibility index (Phi) is 5.40. The SMILES string of the molecule is O=C(CC1CCCS(=O)(=O)C1)N1CCC(CC(F)(F)F)CC1. The number of halogens is 3. The van der Waals surface area contributed by atoms with Crippen LogP contribution >= 0.6 is 0 Å². The van der Waals surface area contributed by atoms with Crippen LogP contribution in [0.25, 0.3) is 0 Å². The molecule has 4 nitrogen and oxygen atoms in total. The summed E-state index contributed by atoms with van der Waals surface area (Å²) in [6.45, 7) is 0.693. The molecule has 0 aromatic heterocycles. The zero-order valence-electron chi connectivity index (χ0n) is 12.4. The van der Waals surface area contributed by atoms with Crippen LogP contribution < -0.4 is 0 Å². The summed E-state index contributed by atoms with van der Waals surface area (Å²) in [6.07, 6.45) is -2.67. The van der Waals surface area contributed by atoms with Gasteiger partial charge in [0.05, 0.1) is 11.5 Å². The molecule has 2 rings (SSSR count). The van der Waals surface area contributed by atoms with E-state index in [0.717, 1.165) is 6.42 Å². The predicted octanol–water partition coefficient (Wildman–Crippen LogP) is 2.39. The maximum atomic E-state index is 12.3. The van der Waals surface area contributed by atoms with Crippen molar-refractivity contribution in [1.29, 1.82) is 0 Å². The van der Waals surface area contributed by atoms with Gasteiger partial charge in [-0.2, -0.15) is 13.2 Å². The molecule has 0 bridgehead atoms. The van der Waals surface area contributed by atoms with Crippen molar-refractivity contribution in [3.05, 3.63) is 0 Å². The van der Waals surface area contributed by atoms with Crippen molar-refractivity contribution in [1.82, 2.24) is 4.90 Å². The third-order valence-electron chi connectivity index (χ3n) is 4.51. The first kappa shape index (κ1) is 17.6. The highest BCUT2D eigenvalue weighted by molar-refractivity contribution is 7.91. The standard InChI is InChI=1S/C14H22F3NO3S/c15-14(16,17)9-11-3-5-18(6-4-11)13(19)8-12-2-1-7-22(20,21)10-12/h11-12H,1-10H2. The number of amides is 1. The zero-order chi connectivity index (χ0) is 16.4. The summed E-state index contributed by atoms with van der Waals surface area (Å²) in [6, 6.07) is 0. The smallest absolute Gasteiger partial charge is 0.343 e. The molecule has 1 amide bonds. The van der Waals surface area contributed by atoms with E-state index in [1.807, 2.05) is 0 Å². The number of carbonyl (C=O) groups is 1. The fourth-order valence-electron chi connectivity index (χ4n) is 3.37. The Morgan fingerprint density at radius 2 is 1.73 bits per heavy atom. The summed E-state index contributed by atoms with van der Waals surface area (Å²) in [7, 11) is -3.03. The lowest BCUT2D eigenvalue weighted by Gasteiger charge is -2.33. The van der Waals surface area contributed by atoms with Crippen molar-refractivity contribution in [2.75, 3.05) is 24.6 Å². The molecule has 1 unspecified atom stereocenters. The van der Waals surface area contributed by atoms with Crippen LogP contribution in [0.5, 0.6) is 0 Å². The van der Waals surface area contributed by atoms with Crippen molar-refractivity contribution < 1.29 is 26.4 Å². The number of carbonyl (C=O) groups excluding carboxylic acids is 1. The van der Waals surface area contributed by atoms with Crippen LogP contribution in [0.1, 0.15) is 38.5 Å². The van der Waals surface area contributed by atoms with Gasteiger partial charge in [0.15, 0.2) is 9.84 Å². The molecule has 0 spiro atoms. The van der Waals surface area contributed by atoms with Gasteiger partial charge in [0.2, 0.25) is 5.91 Å². The Bertz CT molecular complexity index is 496. The van der Waals surface area contributed by atoms with Crippen LogP contribution in [0.15, 0.2) is 0 Å². The van der Waals surface area contributed by atoms with Crippen molar-refractivity contribution >= 4 is 15.7 Å². The van der Waals surface area contributed by atoms with Gasteiger partial charge in [-0.05, 0) is 37.5 Å². The quantitative estimate of drug-likeness (QED) is 0.792. The molecule has 2 aliphatic heterocycles. The van der Waals surface area contributed by atoms with E-state index in [4.69, 9.17) is 0 Å². The summed E-state index contributed by atoms with van der Waals surface area (Å²) < 4.78 is 60.1. The lowest BCUT2D eigenvalue weighted by molar-refractivity contribution is -0.149. The first-order valence-electron chi connectivity index (χ1n) is 7.69. The molecule has 0 saturated carbocycles. The van der Waals surface area contributed by atoms with Crippen LogP contribution in [0.4, 0.5) is 13.2 Å². The number of hydrogen-bond donors (Lipinski definition) is 0. The van der Waals surface area contributed by atoms with E-state index in [0.29, 0.717) is 32.4 Å². The first-order chi connectivity index (χ1) is 10.1. The molecular weight excluding hydrogens is 319 g/mol. The Morgan fingerprint density at radius 3 is 2.27 bits per heavy atom. The third-order valence-corrected chi connectivity index (χ3v) is 6.40. The molecule has 22 heavy (non-hydrogen) atoms. The zero-order valence-corrected chi connectivity index (χ0v) is 13.3. The van der Waals surface area contributed by atoms with Crippen molar-refractivity contribution in [3.8, 4) is 0 Å². The monoisotopic (exact) mass is 341 g/mol. The van der Waals surface area contributed by atoms with Crippen LogP contribution in [-0.2, 0) is 14.6 Å². The highest BCUT2D eigenvalue weighted by Gasteiger charge is 2.35. The lowest BCUT2D eigenvalue weighted by Crippen LogP contribution is -2.41. The van der Waals surface area contributed by atoms with Gasteiger partial charge < -0.3 is 4.90 Å². The van der Waals surface area contributed by atoms with E-state index in [2.05, 4.69) is 0 Å². The minimum absolute atomic E-state index is 0.0588. The molecule has 2 aliphatic rings. The van der Waals surface area contributed by atoms with E-state index >= 15 is 0 Å². The largest absolute Gasteiger partial charge is 0.389 e. The Morgan fingerprint density at radius 1 is 1.09 bits per heavy atom. The van der Waals surface area contributed by atoms with Gasteiger partial charge in [0, 0.05) is 25.9 Å². The fraction of sp³-hybridized carbons (Fsp3) is 0.929. The van der Waals surface area contributed by atoms with Gasteiger partial charge in [-0.3, -0.25) is 4.79 Å². The topological polar surface area (TPSA) is 54.5 Å². The normalized spacial score (nSPS) is 26.9. The summed E-state index contributed by atoms with van der Waals surface area (Å²) in [4.78, 5) is 13.8. The van der Waals surface area contributed by atoms with E-state index in [1.165, 1.54) is 0 Å². The minimum atomic E-state index is -4.15. The molecule has 2 saturated heterocycles. The predicted molar refractivity (Wildman–Crippen MR) is 76.0 cm³/mol.